The molecule has 9 rings (SSSR count). The van der Waals surface area contributed by atoms with Gasteiger partial charge < -0.3 is 13.7 Å². The molecule has 0 radical (unpaired) electrons. The smallest absolute Gasteiger partial charge is 0.159 e. The summed E-state index contributed by atoms with van der Waals surface area (Å²) in [7, 11) is 0. The quantitative estimate of drug-likeness (QED) is 0.203. The summed E-state index contributed by atoms with van der Waals surface area (Å²) in [5.41, 5.74) is 11.5. The second-order valence-electron chi connectivity index (χ2n) is 11.6. The number of allylic oxidation sites excluding steroid dienone is 1. The molecule has 0 saturated heterocycles. The van der Waals surface area contributed by atoms with E-state index in [9.17, 15) is 0 Å². The van der Waals surface area contributed by atoms with Gasteiger partial charge in [-0.1, -0.05) is 115 Å². The van der Waals surface area contributed by atoms with E-state index in [1.165, 1.54) is 11.1 Å². The van der Waals surface area contributed by atoms with Crippen LogP contribution in [0.3, 0.4) is 0 Å². The standard InChI is InChI=1S/C42H29NO2/c1-4-13-28(14-5-1)29-23-25-30(26-24-29)39-40-34-19-10-11-22-37(34)44-38(40)27-35-33-20-12-21-36(41(33)45-42(35)39)43(31-15-6-2-7-16-31)32-17-8-3-9-18-32/h1-10,12-21,23-27H,11,22H2. The molecule has 0 N–H and O–H groups in total. The number of para-hydroxylation sites is 3. The Labute approximate surface area is 261 Å². The minimum absolute atomic E-state index is 0.847. The van der Waals surface area contributed by atoms with Crippen LogP contribution in [0.1, 0.15) is 17.7 Å². The van der Waals surface area contributed by atoms with E-state index in [0.29, 0.717) is 0 Å². The summed E-state index contributed by atoms with van der Waals surface area (Å²) in [6.45, 7) is 0. The maximum Gasteiger partial charge on any atom is 0.159 e. The third-order valence-corrected chi connectivity index (χ3v) is 8.91. The lowest BCUT2D eigenvalue weighted by Crippen LogP contribution is -2.09. The summed E-state index contributed by atoms with van der Waals surface area (Å²) in [6.07, 6.45) is 6.37. The fourth-order valence-electron chi connectivity index (χ4n) is 6.84. The number of rotatable bonds is 5. The average molecular weight is 580 g/mol. The van der Waals surface area contributed by atoms with E-state index in [-0.39, 0.29) is 0 Å². The predicted octanol–water partition coefficient (Wildman–Crippen LogP) is 12.1. The van der Waals surface area contributed by atoms with Crippen LogP contribution in [0.15, 0.2) is 154 Å². The van der Waals surface area contributed by atoms with Gasteiger partial charge in [-0.05, 0) is 59.5 Å². The van der Waals surface area contributed by atoms with E-state index in [1.807, 2.05) is 12.1 Å². The molecule has 1 aliphatic rings. The highest BCUT2D eigenvalue weighted by atomic mass is 16.3. The molecule has 45 heavy (non-hydrogen) atoms. The van der Waals surface area contributed by atoms with Crippen LogP contribution in [0.2, 0.25) is 0 Å². The molecular weight excluding hydrogens is 550 g/mol. The second kappa shape index (κ2) is 10.4. The van der Waals surface area contributed by atoms with Crippen LogP contribution in [-0.4, -0.2) is 0 Å². The van der Waals surface area contributed by atoms with Crippen LogP contribution < -0.4 is 4.90 Å². The van der Waals surface area contributed by atoms with Gasteiger partial charge in [-0.2, -0.15) is 0 Å². The fraction of sp³-hybridized carbons (Fsp3) is 0.0476. The van der Waals surface area contributed by atoms with Gasteiger partial charge in [-0.25, -0.2) is 0 Å². The van der Waals surface area contributed by atoms with E-state index in [2.05, 4.69) is 144 Å². The first-order valence-corrected chi connectivity index (χ1v) is 15.5. The zero-order valence-corrected chi connectivity index (χ0v) is 24.6. The zero-order chi connectivity index (χ0) is 29.7. The van der Waals surface area contributed by atoms with Crippen LogP contribution in [0.5, 0.6) is 0 Å². The Hall–Kier alpha value is -5.80. The summed E-state index contributed by atoms with van der Waals surface area (Å²) in [5, 5.41) is 3.23. The maximum atomic E-state index is 7.07. The van der Waals surface area contributed by atoms with Crippen molar-refractivity contribution in [3.8, 4) is 22.3 Å². The van der Waals surface area contributed by atoms with Gasteiger partial charge in [0.15, 0.2) is 5.58 Å². The molecule has 0 saturated carbocycles. The molecule has 0 aliphatic heterocycles. The monoisotopic (exact) mass is 579 g/mol. The Balaban J connectivity index is 1.33. The van der Waals surface area contributed by atoms with Gasteiger partial charge in [0, 0.05) is 45.1 Å². The number of hydrogen-bond acceptors (Lipinski definition) is 3. The summed E-state index contributed by atoms with van der Waals surface area (Å²) in [4.78, 5) is 2.27. The Morgan fingerprint density at radius 2 is 1.18 bits per heavy atom. The number of furan rings is 2. The molecule has 0 bridgehead atoms. The summed E-state index contributed by atoms with van der Waals surface area (Å²) >= 11 is 0. The average Bonchev–Trinajstić information content (AvgIpc) is 3.67. The number of benzene rings is 6. The first-order valence-electron chi connectivity index (χ1n) is 15.5. The van der Waals surface area contributed by atoms with Crippen molar-refractivity contribution >= 4 is 56.0 Å². The molecule has 214 valence electrons. The maximum absolute atomic E-state index is 7.07. The van der Waals surface area contributed by atoms with Crippen molar-refractivity contribution in [2.75, 3.05) is 4.90 Å². The summed E-state index contributed by atoms with van der Waals surface area (Å²) in [5.74, 6) is 1.05. The molecule has 0 fully saturated rings. The molecule has 0 unspecified atom stereocenters. The van der Waals surface area contributed by atoms with E-state index in [4.69, 9.17) is 8.83 Å². The van der Waals surface area contributed by atoms with Crippen molar-refractivity contribution < 1.29 is 8.83 Å². The highest BCUT2D eigenvalue weighted by Crippen LogP contribution is 2.48. The van der Waals surface area contributed by atoms with Gasteiger partial charge in [0.25, 0.3) is 0 Å². The van der Waals surface area contributed by atoms with E-state index in [1.54, 1.807) is 0 Å². The molecule has 6 aromatic carbocycles. The van der Waals surface area contributed by atoms with Crippen LogP contribution in [0.4, 0.5) is 17.1 Å². The second-order valence-corrected chi connectivity index (χ2v) is 11.6. The van der Waals surface area contributed by atoms with Crippen LogP contribution in [0.25, 0.3) is 61.2 Å². The van der Waals surface area contributed by atoms with Gasteiger partial charge in [0.1, 0.15) is 16.9 Å². The lowest BCUT2D eigenvalue weighted by molar-refractivity contribution is 0.546. The molecule has 2 heterocycles. The topological polar surface area (TPSA) is 29.5 Å². The van der Waals surface area contributed by atoms with E-state index >= 15 is 0 Å². The minimum atomic E-state index is 0.847. The summed E-state index contributed by atoms with van der Waals surface area (Å²) < 4.78 is 13.7. The third-order valence-electron chi connectivity index (χ3n) is 8.91. The van der Waals surface area contributed by atoms with Crippen molar-refractivity contribution in [2.45, 2.75) is 12.8 Å². The van der Waals surface area contributed by atoms with Gasteiger partial charge >= 0.3 is 0 Å². The van der Waals surface area contributed by atoms with Crippen LogP contribution >= 0.6 is 0 Å². The Morgan fingerprint density at radius 3 is 1.89 bits per heavy atom. The SMILES string of the molecule is C1=Cc2c(oc3cc4c(oc5c(N(c6ccccc6)c6ccccc6)cccc54)c(-c4ccc(-c5ccccc5)cc4)c23)CC1. The Kier molecular flexibility index (Phi) is 5.95. The van der Waals surface area contributed by atoms with Crippen molar-refractivity contribution in [1.82, 2.24) is 0 Å². The fourth-order valence-corrected chi connectivity index (χ4v) is 6.84. The lowest BCUT2D eigenvalue weighted by atomic mass is 9.92. The molecule has 0 amide bonds. The van der Waals surface area contributed by atoms with Crippen LogP contribution in [0, 0.1) is 0 Å². The molecule has 2 aromatic heterocycles. The number of hydrogen-bond donors (Lipinski definition) is 0. The first-order chi connectivity index (χ1) is 22.3. The van der Waals surface area contributed by atoms with Crippen molar-refractivity contribution in [3.05, 3.63) is 157 Å². The Bertz CT molecular complexity index is 2310. The largest absolute Gasteiger partial charge is 0.460 e. The molecule has 8 aromatic rings. The molecular formula is C42H29NO2. The Morgan fingerprint density at radius 1 is 0.533 bits per heavy atom. The van der Waals surface area contributed by atoms with Gasteiger partial charge in [0.2, 0.25) is 0 Å². The zero-order valence-electron chi connectivity index (χ0n) is 24.6. The molecule has 1 aliphatic carbocycles. The van der Waals surface area contributed by atoms with Crippen molar-refractivity contribution in [1.29, 1.82) is 0 Å². The van der Waals surface area contributed by atoms with Crippen LogP contribution in [-0.2, 0) is 6.42 Å². The van der Waals surface area contributed by atoms with Crippen molar-refractivity contribution in [3.63, 3.8) is 0 Å². The van der Waals surface area contributed by atoms with Crippen molar-refractivity contribution in [2.24, 2.45) is 0 Å². The van der Waals surface area contributed by atoms with E-state index < -0.39 is 0 Å². The lowest BCUT2D eigenvalue weighted by Gasteiger charge is -2.25. The van der Waals surface area contributed by atoms with Gasteiger partial charge in [0.05, 0.1) is 5.69 Å². The number of aryl methyl sites for hydroxylation is 1. The third kappa shape index (κ3) is 4.20. The molecule has 3 nitrogen and oxygen atoms in total. The molecule has 3 heteroatoms. The summed E-state index contributed by atoms with van der Waals surface area (Å²) in [6, 6.07) is 48.9. The highest BCUT2D eigenvalue weighted by Gasteiger charge is 2.26. The highest BCUT2D eigenvalue weighted by molar-refractivity contribution is 6.21. The van der Waals surface area contributed by atoms with Gasteiger partial charge in [-0.3, -0.25) is 0 Å². The molecule has 0 spiro atoms. The molecule has 0 atom stereocenters. The number of nitrogens with zero attached hydrogens (tertiary/aromatic N) is 1. The number of fused-ring (bicyclic) bond motifs is 6. The minimum Gasteiger partial charge on any atom is -0.460 e. The van der Waals surface area contributed by atoms with Gasteiger partial charge in [-0.15, -0.1) is 0 Å². The van der Waals surface area contributed by atoms with E-state index in [0.717, 1.165) is 85.3 Å². The normalized spacial score (nSPS) is 12.6. The number of anilines is 3. The first kappa shape index (κ1) is 25.7. The predicted molar refractivity (Wildman–Crippen MR) is 186 cm³/mol.